The molecule has 0 saturated heterocycles. The van der Waals surface area contributed by atoms with Gasteiger partial charge in [0.25, 0.3) is 0 Å². The Morgan fingerprint density at radius 3 is 2.79 bits per heavy atom. The van der Waals surface area contributed by atoms with Gasteiger partial charge < -0.3 is 10.4 Å². The Morgan fingerprint density at radius 2 is 2.29 bits per heavy atom. The third kappa shape index (κ3) is 2.56. The highest BCUT2D eigenvalue weighted by molar-refractivity contribution is 6.28. The molecular weight excluding hydrogens is 206 g/mol. The third-order valence-corrected chi connectivity index (χ3v) is 1.78. The van der Waals surface area contributed by atoms with Gasteiger partial charge in [0.2, 0.25) is 5.28 Å². The lowest BCUT2D eigenvalue weighted by atomic mass is 10.1. The van der Waals surface area contributed by atoms with E-state index in [1.807, 2.05) is 0 Å². The van der Waals surface area contributed by atoms with E-state index >= 15 is 0 Å². The summed E-state index contributed by atoms with van der Waals surface area (Å²) in [5.74, 6) is -0.579. The number of hydrogen-bond acceptors (Lipinski definition) is 4. The summed E-state index contributed by atoms with van der Waals surface area (Å²) in [5, 5.41) is 11.6. The molecule has 1 rings (SSSR count). The van der Waals surface area contributed by atoms with Gasteiger partial charge >= 0.3 is 5.97 Å². The lowest BCUT2D eigenvalue weighted by Crippen LogP contribution is -2.40. The molecule has 0 aromatic carbocycles. The maximum atomic E-state index is 10.8. The number of rotatable bonds is 3. The largest absolute Gasteiger partial charge is 0.480 e. The van der Waals surface area contributed by atoms with E-state index in [1.165, 1.54) is 20.0 Å². The van der Waals surface area contributed by atoms with Crippen molar-refractivity contribution in [3.63, 3.8) is 0 Å². The third-order valence-electron chi connectivity index (χ3n) is 1.60. The predicted octanol–water partition coefficient (Wildman–Crippen LogP) is 1.41. The molecule has 6 heteroatoms. The van der Waals surface area contributed by atoms with Gasteiger partial charge in [-0.25, -0.2) is 14.8 Å². The normalized spacial score (nSPS) is 11.1. The van der Waals surface area contributed by atoms with Crippen molar-refractivity contribution < 1.29 is 9.90 Å². The summed E-state index contributed by atoms with van der Waals surface area (Å²) in [6.45, 7) is 3.07. The van der Waals surface area contributed by atoms with Crippen molar-refractivity contribution in [2.75, 3.05) is 5.32 Å². The smallest absolute Gasteiger partial charge is 0.328 e. The van der Waals surface area contributed by atoms with E-state index in [9.17, 15) is 4.79 Å². The summed E-state index contributed by atoms with van der Waals surface area (Å²) >= 11 is 5.54. The number of carboxylic acids is 1. The van der Waals surface area contributed by atoms with Gasteiger partial charge in [0, 0.05) is 6.20 Å². The first-order valence-corrected chi connectivity index (χ1v) is 4.30. The maximum absolute atomic E-state index is 10.8. The molecule has 0 bridgehead atoms. The number of aromatic nitrogens is 2. The molecule has 0 aliphatic heterocycles. The van der Waals surface area contributed by atoms with Crippen molar-refractivity contribution in [2.24, 2.45) is 0 Å². The number of anilines is 1. The lowest BCUT2D eigenvalue weighted by Gasteiger charge is -2.21. The van der Waals surface area contributed by atoms with Gasteiger partial charge in [-0.3, -0.25) is 0 Å². The first-order valence-electron chi connectivity index (χ1n) is 3.92. The van der Waals surface area contributed by atoms with Gasteiger partial charge in [0.1, 0.15) is 11.4 Å². The molecular formula is C8H10ClN3O2. The van der Waals surface area contributed by atoms with Crippen molar-refractivity contribution in [1.82, 2.24) is 9.97 Å². The molecule has 0 unspecified atom stereocenters. The fraction of sp³-hybridized carbons (Fsp3) is 0.375. The highest BCUT2D eigenvalue weighted by Gasteiger charge is 2.27. The van der Waals surface area contributed by atoms with E-state index < -0.39 is 11.5 Å². The Balaban J connectivity index is 2.83. The average molecular weight is 216 g/mol. The molecule has 1 heterocycles. The van der Waals surface area contributed by atoms with Gasteiger partial charge in [-0.15, -0.1) is 0 Å². The molecule has 5 nitrogen and oxygen atoms in total. The van der Waals surface area contributed by atoms with Gasteiger partial charge in [0.05, 0.1) is 0 Å². The van der Waals surface area contributed by atoms with Gasteiger partial charge in [-0.05, 0) is 31.5 Å². The summed E-state index contributed by atoms with van der Waals surface area (Å²) in [6.07, 6.45) is 1.45. The Bertz CT molecular complexity index is 354. The van der Waals surface area contributed by atoms with E-state index in [0.29, 0.717) is 5.82 Å². The minimum Gasteiger partial charge on any atom is -0.480 e. The zero-order chi connectivity index (χ0) is 10.8. The maximum Gasteiger partial charge on any atom is 0.328 e. The number of aliphatic carboxylic acids is 1. The minimum absolute atomic E-state index is 0.0798. The molecule has 0 aliphatic rings. The van der Waals surface area contributed by atoms with Gasteiger partial charge in [0.15, 0.2) is 0 Å². The van der Waals surface area contributed by atoms with E-state index in [-0.39, 0.29) is 5.28 Å². The Kier molecular flexibility index (Phi) is 2.90. The van der Waals surface area contributed by atoms with Gasteiger partial charge in [-0.1, -0.05) is 0 Å². The highest BCUT2D eigenvalue weighted by atomic mass is 35.5. The minimum atomic E-state index is -1.09. The number of carboxylic acid groups (broad SMARTS) is 1. The van der Waals surface area contributed by atoms with Crippen LogP contribution >= 0.6 is 11.6 Å². The molecule has 0 atom stereocenters. The van der Waals surface area contributed by atoms with Crippen LogP contribution in [0.4, 0.5) is 5.82 Å². The van der Waals surface area contributed by atoms with Gasteiger partial charge in [-0.2, -0.15) is 0 Å². The molecule has 0 radical (unpaired) electrons. The standard InChI is InChI=1S/C8H10ClN3O2/c1-8(2,6(13)14)12-5-3-4-10-7(9)11-5/h3-4H,1-2H3,(H,13,14)(H,10,11,12). The zero-order valence-corrected chi connectivity index (χ0v) is 8.54. The summed E-state index contributed by atoms with van der Waals surface area (Å²) in [5.41, 5.74) is -1.09. The SMILES string of the molecule is CC(C)(Nc1ccnc(Cl)n1)C(=O)O. The first-order chi connectivity index (χ1) is 6.42. The topological polar surface area (TPSA) is 75.1 Å². The molecule has 0 amide bonds. The van der Waals surface area contributed by atoms with Crippen LogP contribution in [0.15, 0.2) is 12.3 Å². The van der Waals surface area contributed by atoms with Crippen LogP contribution < -0.4 is 5.32 Å². The van der Waals surface area contributed by atoms with Crippen LogP contribution in [0.2, 0.25) is 5.28 Å². The van der Waals surface area contributed by atoms with Crippen molar-refractivity contribution in [3.8, 4) is 0 Å². The van der Waals surface area contributed by atoms with E-state index in [1.54, 1.807) is 6.07 Å². The number of halogens is 1. The molecule has 1 aromatic heterocycles. The quantitative estimate of drug-likeness (QED) is 0.746. The Hall–Kier alpha value is -1.36. The summed E-state index contributed by atoms with van der Waals surface area (Å²) < 4.78 is 0. The highest BCUT2D eigenvalue weighted by Crippen LogP contribution is 2.13. The van der Waals surface area contributed by atoms with Crippen LogP contribution in [0, 0.1) is 0 Å². The number of hydrogen-bond donors (Lipinski definition) is 2. The molecule has 0 saturated carbocycles. The van der Waals surface area contributed by atoms with Crippen molar-refractivity contribution in [2.45, 2.75) is 19.4 Å². The van der Waals surface area contributed by atoms with E-state index in [4.69, 9.17) is 16.7 Å². The van der Waals surface area contributed by atoms with Crippen molar-refractivity contribution >= 4 is 23.4 Å². The summed E-state index contributed by atoms with van der Waals surface area (Å²) in [4.78, 5) is 18.3. The lowest BCUT2D eigenvalue weighted by molar-refractivity contribution is -0.141. The predicted molar refractivity (Wildman–Crippen MR) is 52.4 cm³/mol. The fourth-order valence-corrected chi connectivity index (χ4v) is 0.926. The molecule has 0 aliphatic carbocycles. The van der Waals surface area contributed by atoms with E-state index in [2.05, 4.69) is 15.3 Å². The monoisotopic (exact) mass is 215 g/mol. The van der Waals surface area contributed by atoms with E-state index in [0.717, 1.165) is 0 Å². The second kappa shape index (κ2) is 3.79. The van der Waals surface area contributed by atoms with Crippen LogP contribution in [0.25, 0.3) is 0 Å². The molecule has 2 N–H and O–H groups in total. The number of nitrogens with one attached hydrogen (secondary N) is 1. The number of carbonyl (C=O) groups is 1. The van der Waals surface area contributed by atoms with Crippen LogP contribution in [0.5, 0.6) is 0 Å². The molecule has 1 aromatic rings. The average Bonchev–Trinajstić information content (AvgIpc) is 2.02. The molecule has 0 spiro atoms. The van der Waals surface area contributed by atoms with Crippen LogP contribution in [0.3, 0.4) is 0 Å². The second-order valence-electron chi connectivity index (χ2n) is 3.27. The van der Waals surface area contributed by atoms with Crippen molar-refractivity contribution in [1.29, 1.82) is 0 Å². The fourth-order valence-electron chi connectivity index (χ4n) is 0.778. The molecule has 76 valence electrons. The first kappa shape index (κ1) is 10.7. The number of nitrogens with zero attached hydrogens (tertiary/aromatic N) is 2. The molecule has 0 fully saturated rings. The van der Waals surface area contributed by atoms with Crippen LogP contribution in [-0.4, -0.2) is 26.6 Å². The van der Waals surface area contributed by atoms with Crippen LogP contribution in [-0.2, 0) is 4.79 Å². The Labute approximate surface area is 86.1 Å². The summed E-state index contributed by atoms with van der Waals surface area (Å²) in [6, 6.07) is 1.55. The second-order valence-corrected chi connectivity index (χ2v) is 3.60. The van der Waals surface area contributed by atoms with Crippen LogP contribution in [0.1, 0.15) is 13.8 Å². The summed E-state index contributed by atoms with van der Waals surface area (Å²) in [7, 11) is 0. The Morgan fingerprint density at radius 1 is 1.64 bits per heavy atom. The molecule has 14 heavy (non-hydrogen) atoms. The zero-order valence-electron chi connectivity index (χ0n) is 7.78. The van der Waals surface area contributed by atoms with Crippen molar-refractivity contribution in [3.05, 3.63) is 17.5 Å².